The molecule has 0 aliphatic rings. The predicted octanol–water partition coefficient (Wildman–Crippen LogP) is 1.45. The van der Waals surface area contributed by atoms with Crippen molar-refractivity contribution in [1.29, 1.82) is 5.41 Å². The molecule has 0 radical (unpaired) electrons. The second-order valence-corrected chi connectivity index (χ2v) is 4.61. The van der Waals surface area contributed by atoms with Crippen LogP contribution >= 0.6 is 0 Å². The highest BCUT2D eigenvalue weighted by molar-refractivity contribution is 6.01. The third-order valence-corrected chi connectivity index (χ3v) is 3.00. The third-order valence-electron chi connectivity index (χ3n) is 3.00. The maximum atomic E-state index is 7.70. The van der Waals surface area contributed by atoms with Crippen LogP contribution in [0.2, 0.25) is 0 Å². The molecule has 0 aliphatic carbocycles. The van der Waals surface area contributed by atoms with E-state index in [1.807, 2.05) is 38.8 Å². The Hall–Kier alpha value is -1.62. The SMILES string of the molecule is COCC(C)N(C)c1nc(C)cc(C)c1C(=N)N. The molecule has 0 aliphatic heterocycles. The van der Waals surface area contributed by atoms with Crippen molar-refractivity contribution in [3.63, 3.8) is 0 Å². The van der Waals surface area contributed by atoms with Gasteiger partial charge in [-0.1, -0.05) is 0 Å². The zero-order valence-electron chi connectivity index (χ0n) is 11.7. The number of likely N-dealkylation sites (N-methyl/N-ethyl adjacent to an activating group) is 1. The number of amidine groups is 1. The first-order valence-electron chi connectivity index (χ1n) is 5.92. The van der Waals surface area contributed by atoms with Gasteiger partial charge in [-0.25, -0.2) is 4.98 Å². The highest BCUT2D eigenvalue weighted by Crippen LogP contribution is 2.22. The summed E-state index contributed by atoms with van der Waals surface area (Å²) in [4.78, 5) is 6.51. The monoisotopic (exact) mass is 250 g/mol. The fourth-order valence-electron chi connectivity index (χ4n) is 1.97. The molecule has 0 amide bonds. The van der Waals surface area contributed by atoms with E-state index >= 15 is 0 Å². The Morgan fingerprint density at radius 2 is 2.17 bits per heavy atom. The lowest BCUT2D eigenvalue weighted by Gasteiger charge is -2.28. The lowest BCUT2D eigenvalue weighted by Crippen LogP contribution is -2.35. The van der Waals surface area contributed by atoms with E-state index in [9.17, 15) is 0 Å². The number of hydrogen-bond donors (Lipinski definition) is 2. The summed E-state index contributed by atoms with van der Waals surface area (Å²) in [6.45, 7) is 6.54. The smallest absolute Gasteiger partial charge is 0.140 e. The zero-order valence-corrected chi connectivity index (χ0v) is 11.7. The van der Waals surface area contributed by atoms with Crippen molar-refractivity contribution in [2.24, 2.45) is 5.73 Å². The van der Waals surface area contributed by atoms with Crippen molar-refractivity contribution in [3.8, 4) is 0 Å². The average Bonchev–Trinajstić information content (AvgIpc) is 2.26. The van der Waals surface area contributed by atoms with Crippen molar-refractivity contribution in [1.82, 2.24) is 4.98 Å². The van der Waals surface area contributed by atoms with E-state index in [0.29, 0.717) is 12.2 Å². The van der Waals surface area contributed by atoms with E-state index in [2.05, 4.69) is 4.98 Å². The Bertz CT molecular complexity index is 445. The third kappa shape index (κ3) is 2.98. The quantitative estimate of drug-likeness (QED) is 0.612. The average molecular weight is 250 g/mol. The number of hydrogen-bond acceptors (Lipinski definition) is 4. The number of rotatable bonds is 5. The number of nitrogens with two attached hydrogens (primary N) is 1. The first-order chi connectivity index (χ1) is 8.38. The lowest BCUT2D eigenvalue weighted by molar-refractivity contribution is 0.183. The van der Waals surface area contributed by atoms with Gasteiger partial charge >= 0.3 is 0 Å². The Balaban J connectivity index is 3.25. The van der Waals surface area contributed by atoms with Gasteiger partial charge in [0.15, 0.2) is 0 Å². The molecular weight excluding hydrogens is 228 g/mol. The van der Waals surface area contributed by atoms with E-state index in [1.54, 1.807) is 7.11 Å². The maximum Gasteiger partial charge on any atom is 0.140 e. The summed E-state index contributed by atoms with van der Waals surface area (Å²) in [6.07, 6.45) is 0. The molecule has 0 fully saturated rings. The minimum absolute atomic E-state index is 0.0477. The summed E-state index contributed by atoms with van der Waals surface area (Å²) in [5.41, 5.74) is 8.26. The number of nitrogens with one attached hydrogen (secondary N) is 1. The Kier molecular flexibility index (Phi) is 4.67. The van der Waals surface area contributed by atoms with Gasteiger partial charge in [-0.2, -0.15) is 0 Å². The molecule has 0 bridgehead atoms. The highest BCUT2D eigenvalue weighted by Gasteiger charge is 2.18. The molecular formula is C13H22N4O. The van der Waals surface area contributed by atoms with Crippen LogP contribution in [0, 0.1) is 19.3 Å². The minimum atomic E-state index is 0.0477. The predicted molar refractivity (Wildman–Crippen MR) is 74.5 cm³/mol. The molecule has 100 valence electrons. The van der Waals surface area contributed by atoms with Gasteiger partial charge in [0, 0.05) is 19.9 Å². The van der Waals surface area contributed by atoms with Crippen molar-refractivity contribution >= 4 is 11.7 Å². The summed E-state index contributed by atoms with van der Waals surface area (Å²) in [6, 6.07) is 2.11. The Morgan fingerprint density at radius 3 is 2.67 bits per heavy atom. The number of methoxy groups -OCH3 is 1. The van der Waals surface area contributed by atoms with E-state index in [4.69, 9.17) is 15.9 Å². The number of nitrogens with zero attached hydrogens (tertiary/aromatic N) is 2. The van der Waals surface area contributed by atoms with Crippen molar-refractivity contribution in [2.45, 2.75) is 26.8 Å². The van der Waals surface area contributed by atoms with Gasteiger partial charge in [0.25, 0.3) is 0 Å². The van der Waals surface area contributed by atoms with Crippen LogP contribution in [-0.4, -0.2) is 37.6 Å². The molecule has 0 saturated carbocycles. The molecule has 5 heteroatoms. The molecule has 5 nitrogen and oxygen atoms in total. The van der Waals surface area contributed by atoms with Crippen LogP contribution in [0.25, 0.3) is 0 Å². The van der Waals surface area contributed by atoms with Crippen LogP contribution in [0.15, 0.2) is 6.07 Å². The van der Waals surface area contributed by atoms with Crippen LogP contribution in [0.3, 0.4) is 0 Å². The number of pyridine rings is 1. The molecule has 18 heavy (non-hydrogen) atoms. The van der Waals surface area contributed by atoms with Crippen molar-refractivity contribution in [3.05, 3.63) is 22.9 Å². The molecule has 1 heterocycles. The fraction of sp³-hybridized carbons (Fsp3) is 0.538. The van der Waals surface area contributed by atoms with Crippen molar-refractivity contribution < 1.29 is 4.74 Å². The normalized spacial score (nSPS) is 12.3. The Morgan fingerprint density at radius 1 is 1.56 bits per heavy atom. The fourth-order valence-corrected chi connectivity index (χ4v) is 1.97. The summed E-state index contributed by atoms with van der Waals surface area (Å²) in [5.74, 6) is 0.788. The van der Waals surface area contributed by atoms with Gasteiger partial charge in [-0.05, 0) is 32.4 Å². The lowest BCUT2D eigenvalue weighted by atomic mass is 10.1. The number of aromatic nitrogens is 1. The van der Waals surface area contributed by atoms with Crippen LogP contribution in [0.4, 0.5) is 5.82 Å². The standard InChI is InChI=1S/C13H22N4O/c1-8-6-9(2)16-13(11(8)12(14)15)17(4)10(3)7-18-5/h6,10H,7H2,1-5H3,(H3,14,15). The van der Waals surface area contributed by atoms with Gasteiger partial charge < -0.3 is 15.4 Å². The molecule has 1 rings (SSSR count). The molecule has 1 atom stereocenters. The summed E-state index contributed by atoms with van der Waals surface area (Å²) in [7, 11) is 3.61. The molecule has 3 N–H and O–H groups in total. The number of nitrogen functional groups attached to an aromatic ring is 1. The van der Waals surface area contributed by atoms with Gasteiger partial charge in [-0.3, -0.25) is 5.41 Å². The summed E-state index contributed by atoms with van der Waals surface area (Å²) >= 11 is 0. The zero-order chi connectivity index (χ0) is 13.9. The van der Waals surface area contributed by atoms with Gasteiger partial charge in [0.05, 0.1) is 18.2 Å². The second-order valence-electron chi connectivity index (χ2n) is 4.61. The number of anilines is 1. The van der Waals surface area contributed by atoms with E-state index < -0.39 is 0 Å². The summed E-state index contributed by atoms with van der Waals surface area (Å²) in [5, 5.41) is 7.70. The first-order valence-corrected chi connectivity index (χ1v) is 5.92. The largest absolute Gasteiger partial charge is 0.384 e. The topological polar surface area (TPSA) is 75.2 Å². The van der Waals surface area contributed by atoms with Gasteiger partial charge in [0.1, 0.15) is 11.7 Å². The maximum absolute atomic E-state index is 7.70. The molecule has 0 saturated heterocycles. The van der Waals surface area contributed by atoms with Gasteiger partial charge in [0.2, 0.25) is 0 Å². The highest BCUT2D eigenvalue weighted by atomic mass is 16.5. The molecule has 1 aromatic rings. The summed E-state index contributed by atoms with van der Waals surface area (Å²) < 4.78 is 5.15. The first kappa shape index (κ1) is 14.4. The van der Waals surface area contributed by atoms with Crippen LogP contribution in [-0.2, 0) is 4.74 Å². The molecule has 0 aromatic carbocycles. The van der Waals surface area contributed by atoms with Gasteiger partial charge in [-0.15, -0.1) is 0 Å². The van der Waals surface area contributed by atoms with Crippen LogP contribution in [0.5, 0.6) is 0 Å². The molecule has 1 unspecified atom stereocenters. The van der Waals surface area contributed by atoms with Crippen LogP contribution < -0.4 is 10.6 Å². The molecule has 1 aromatic heterocycles. The van der Waals surface area contributed by atoms with E-state index in [0.717, 1.165) is 17.1 Å². The van der Waals surface area contributed by atoms with E-state index in [-0.39, 0.29) is 11.9 Å². The van der Waals surface area contributed by atoms with Crippen molar-refractivity contribution in [2.75, 3.05) is 25.7 Å². The second kappa shape index (κ2) is 5.82. The number of aryl methyl sites for hydroxylation is 2. The van der Waals surface area contributed by atoms with E-state index in [1.165, 1.54) is 0 Å². The minimum Gasteiger partial charge on any atom is -0.384 e. The van der Waals surface area contributed by atoms with Crippen LogP contribution in [0.1, 0.15) is 23.7 Å². The molecule has 0 spiro atoms. The number of ether oxygens (including phenoxy) is 1. The Labute approximate surface area is 108 Å².